The predicted molar refractivity (Wildman–Crippen MR) is 121 cm³/mol. The normalized spacial score (nSPS) is 10.4. The number of hydrogen-bond donors (Lipinski definition) is 2. The Bertz CT molecular complexity index is 1040. The molecule has 0 aliphatic heterocycles. The number of ether oxygens (including phenoxy) is 2. The van der Waals surface area contributed by atoms with E-state index in [1.165, 1.54) is 11.3 Å². The lowest BCUT2D eigenvalue weighted by molar-refractivity contribution is -0.122. The standard InChI is InChI=1S/C22H22ClN3O4S/c1-3-24-19(27)12-29-18-10-6-16(7-11-18)26-22(28)21-14(2)25-20(31-21)13-30-17-8-4-15(23)5-9-17/h4-11H,3,12-13H2,1-2H3,(H,24,27)(H,26,28). The van der Waals surface area contributed by atoms with Gasteiger partial charge < -0.3 is 20.1 Å². The summed E-state index contributed by atoms with van der Waals surface area (Å²) in [6.07, 6.45) is 0. The Morgan fingerprint density at radius 2 is 1.68 bits per heavy atom. The number of aromatic nitrogens is 1. The van der Waals surface area contributed by atoms with Crippen LogP contribution >= 0.6 is 22.9 Å². The van der Waals surface area contributed by atoms with E-state index in [0.29, 0.717) is 44.3 Å². The summed E-state index contributed by atoms with van der Waals surface area (Å²) in [6.45, 7) is 4.39. The molecule has 9 heteroatoms. The Morgan fingerprint density at radius 1 is 1.03 bits per heavy atom. The van der Waals surface area contributed by atoms with Crippen LogP contribution in [0.2, 0.25) is 5.02 Å². The number of aryl methyl sites for hydroxylation is 1. The minimum absolute atomic E-state index is 0.0551. The average Bonchev–Trinajstić information content (AvgIpc) is 3.14. The molecule has 0 bridgehead atoms. The Hall–Kier alpha value is -3.10. The number of amides is 2. The third-order valence-electron chi connectivity index (χ3n) is 4.08. The lowest BCUT2D eigenvalue weighted by Gasteiger charge is -2.08. The Balaban J connectivity index is 1.55. The first-order chi connectivity index (χ1) is 14.9. The molecular weight excluding hydrogens is 438 g/mol. The summed E-state index contributed by atoms with van der Waals surface area (Å²) in [5.41, 5.74) is 1.25. The molecule has 2 aromatic carbocycles. The number of anilines is 1. The average molecular weight is 460 g/mol. The third kappa shape index (κ3) is 6.70. The first-order valence-corrected chi connectivity index (χ1v) is 10.8. The number of thiazole rings is 1. The number of hydrogen-bond acceptors (Lipinski definition) is 6. The molecule has 3 aromatic rings. The van der Waals surface area contributed by atoms with Gasteiger partial charge in [-0.05, 0) is 62.4 Å². The molecule has 162 valence electrons. The van der Waals surface area contributed by atoms with Gasteiger partial charge in [0.1, 0.15) is 28.0 Å². The Labute approximate surface area is 189 Å². The lowest BCUT2D eigenvalue weighted by atomic mass is 10.3. The third-order valence-corrected chi connectivity index (χ3v) is 5.46. The van der Waals surface area contributed by atoms with Crippen LogP contribution in [0.25, 0.3) is 0 Å². The lowest BCUT2D eigenvalue weighted by Crippen LogP contribution is -2.28. The van der Waals surface area contributed by atoms with Crippen LogP contribution in [0.4, 0.5) is 5.69 Å². The molecule has 3 rings (SSSR count). The maximum atomic E-state index is 12.7. The molecule has 2 amide bonds. The van der Waals surface area contributed by atoms with Crippen molar-refractivity contribution in [3.8, 4) is 11.5 Å². The number of carbonyl (C=O) groups excluding carboxylic acids is 2. The molecule has 1 heterocycles. The second-order valence-electron chi connectivity index (χ2n) is 6.49. The number of rotatable bonds is 9. The summed E-state index contributed by atoms with van der Waals surface area (Å²) in [4.78, 5) is 29.0. The number of halogens is 1. The molecule has 0 spiro atoms. The van der Waals surface area contributed by atoms with Crippen molar-refractivity contribution in [2.75, 3.05) is 18.5 Å². The van der Waals surface area contributed by atoms with E-state index >= 15 is 0 Å². The number of nitrogens with zero attached hydrogens (tertiary/aromatic N) is 1. The van der Waals surface area contributed by atoms with Crippen LogP contribution in [-0.4, -0.2) is 29.9 Å². The molecule has 2 N–H and O–H groups in total. The summed E-state index contributed by atoms with van der Waals surface area (Å²) >= 11 is 7.15. The van der Waals surface area contributed by atoms with Crippen LogP contribution in [0.5, 0.6) is 11.5 Å². The molecule has 1 aromatic heterocycles. The number of nitrogens with one attached hydrogen (secondary N) is 2. The summed E-state index contributed by atoms with van der Waals surface area (Å²) in [5.74, 6) is 0.790. The van der Waals surface area contributed by atoms with Crippen molar-refractivity contribution < 1.29 is 19.1 Å². The summed E-state index contributed by atoms with van der Waals surface area (Å²) < 4.78 is 11.1. The van der Waals surface area contributed by atoms with Gasteiger partial charge in [-0.1, -0.05) is 11.6 Å². The molecule has 0 unspecified atom stereocenters. The molecule has 7 nitrogen and oxygen atoms in total. The highest BCUT2D eigenvalue weighted by Gasteiger charge is 2.16. The second-order valence-corrected chi connectivity index (χ2v) is 8.01. The maximum absolute atomic E-state index is 12.7. The van der Waals surface area contributed by atoms with Gasteiger partial charge in [-0.3, -0.25) is 9.59 Å². The predicted octanol–water partition coefficient (Wildman–Crippen LogP) is 4.45. The molecule has 31 heavy (non-hydrogen) atoms. The minimum Gasteiger partial charge on any atom is -0.486 e. The molecular formula is C22H22ClN3O4S. The van der Waals surface area contributed by atoms with Gasteiger partial charge in [0.05, 0.1) is 5.69 Å². The maximum Gasteiger partial charge on any atom is 0.267 e. The van der Waals surface area contributed by atoms with E-state index in [1.54, 1.807) is 55.5 Å². The van der Waals surface area contributed by atoms with Gasteiger partial charge in [0.15, 0.2) is 6.61 Å². The fraction of sp³-hybridized carbons (Fsp3) is 0.227. The van der Waals surface area contributed by atoms with Gasteiger partial charge in [0.25, 0.3) is 11.8 Å². The number of likely N-dealkylation sites (N-methyl/N-ethyl adjacent to an activating group) is 1. The van der Waals surface area contributed by atoms with Gasteiger partial charge in [-0.25, -0.2) is 4.98 Å². The zero-order valence-electron chi connectivity index (χ0n) is 17.1. The largest absolute Gasteiger partial charge is 0.486 e. The van der Waals surface area contributed by atoms with E-state index in [2.05, 4.69) is 15.6 Å². The smallest absolute Gasteiger partial charge is 0.267 e. The zero-order valence-corrected chi connectivity index (χ0v) is 18.7. The fourth-order valence-electron chi connectivity index (χ4n) is 2.62. The van der Waals surface area contributed by atoms with Crippen molar-refractivity contribution in [2.45, 2.75) is 20.5 Å². The van der Waals surface area contributed by atoms with Crippen LogP contribution in [0, 0.1) is 6.92 Å². The number of carbonyl (C=O) groups is 2. The zero-order chi connectivity index (χ0) is 22.2. The molecule has 0 atom stereocenters. The van der Waals surface area contributed by atoms with Gasteiger partial charge in [-0.2, -0.15) is 0 Å². The summed E-state index contributed by atoms with van der Waals surface area (Å²) in [6, 6.07) is 13.9. The van der Waals surface area contributed by atoms with Gasteiger partial charge in [0.2, 0.25) is 0 Å². The van der Waals surface area contributed by atoms with E-state index in [-0.39, 0.29) is 25.0 Å². The number of benzene rings is 2. The second kappa shape index (κ2) is 10.8. The Morgan fingerprint density at radius 3 is 2.35 bits per heavy atom. The molecule has 0 saturated heterocycles. The molecule has 0 aliphatic carbocycles. The first kappa shape index (κ1) is 22.6. The van der Waals surface area contributed by atoms with Crippen LogP contribution in [0.1, 0.15) is 27.3 Å². The van der Waals surface area contributed by atoms with Crippen molar-refractivity contribution in [1.29, 1.82) is 0 Å². The molecule has 0 aliphatic rings. The van der Waals surface area contributed by atoms with Crippen molar-refractivity contribution in [3.05, 3.63) is 69.1 Å². The van der Waals surface area contributed by atoms with Crippen molar-refractivity contribution >= 4 is 40.4 Å². The van der Waals surface area contributed by atoms with E-state index in [0.717, 1.165) is 0 Å². The highest BCUT2D eigenvalue weighted by atomic mass is 35.5. The van der Waals surface area contributed by atoms with E-state index in [1.807, 2.05) is 6.92 Å². The highest BCUT2D eigenvalue weighted by molar-refractivity contribution is 7.13. The van der Waals surface area contributed by atoms with Crippen molar-refractivity contribution in [3.63, 3.8) is 0 Å². The first-order valence-electron chi connectivity index (χ1n) is 9.60. The van der Waals surface area contributed by atoms with Crippen LogP contribution in [0.3, 0.4) is 0 Å². The van der Waals surface area contributed by atoms with Gasteiger partial charge in [0, 0.05) is 17.3 Å². The van der Waals surface area contributed by atoms with Crippen LogP contribution in [0.15, 0.2) is 48.5 Å². The van der Waals surface area contributed by atoms with Crippen LogP contribution in [-0.2, 0) is 11.4 Å². The van der Waals surface area contributed by atoms with Gasteiger partial charge >= 0.3 is 0 Å². The SMILES string of the molecule is CCNC(=O)COc1ccc(NC(=O)c2sc(COc3ccc(Cl)cc3)nc2C)cc1. The fourth-order valence-corrected chi connectivity index (χ4v) is 3.62. The topological polar surface area (TPSA) is 89.6 Å². The molecule has 0 fully saturated rings. The summed E-state index contributed by atoms with van der Waals surface area (Å²) in [5, 5.41) is 6.84. The van der Waals surface area contributed by atoms with Crippen molar-refractivity contribution in [1.82, 2.24) is 10.3 Å². The summed E-state index contributed by atoms with van der Waals surface area (Å²) in [7, 11) is 0. The van der Waals surface area contributed by atoms with E-state index in [4.69, 9.17) is 21.1 Å². The van der Waals surface area contributed by atoms with Gasteiger partial charge in [-0.15, -0.1) is 11.3 Å². The van der Waals surface area contributed by atoms with E-state index in [9.17, 15) is 9.59 Å². The van der Waals surface area contributed by atoms with Crippen molar-refractivity contribution in [2.24, 2.45) is 0 Å². The quantitative estimate of drug-likeness (QED) is 0.493. The molecule has 0 saturated carbocycles. The Kier molecular flexibility index (Phi) is 7.86. The minimum atomic E-state index is -0.247. The monoisotopic (exact) mass is 459 g/mol. The highest BCUT2D eigenvalue weighted by Crippen LogP contribution is 2.23. The van der Waals surface area contributed by atoms with E-state index < -0.39 is 0 Å². The van der Waals surface area contributed by atoms with Crippen LogP contribution < -0.4 is 20.1 Å². The molecule has 0 radical (unpaired) electrons.